The van der Waals surface area contributed by atoms with E-state index in [1.165, 1.54) is 0 Å². The van der Waals surface area contributed by atoms with Gasteiger partial charge >= 0.3 is 5.69 Å². The largest absolute Gasteiger partial charge is 0.497 e. The fourth-order valence-electron chi connectivity index (χ4n) is 3.67. The van der Waals surface area contributed by atoms with Gasteiger partial charge in [-0.2, -0.15) is 0 Å². The molecule has 7 heteroatoms. The minimum atomic E-state index is -0.00295. The number of fused-ring (bicyclic) bond motifs is 1. The Morgan fingerprint density at radius 1 is 1.33 bits per heavy atom. The van der Waals surface area contributed by atoms with Crippen molar-refractivity contribution >= 4 is 16.9 Å². The molecule has 130 valence electrons. The van der Waals surface area contributed by atoms with Crippen LogP contribution < -0.4 is 16.2 Å². The number of aromatic nitrogens is 2. The molecule has 0 bridgehead atoms. The Labute approximate surface area is 140 Å². The third kappa shape index (κ3) is 2.86. The zero-order valence-electron chi connectivity index (χ0n) is 14.1. The van der Waals surface area contributed by atoms with Crippen LogP contribution >= 0.6 is 0 Å². The molecule has 1 saturated carbocycles. The fourth-order valence-corrected chi connectivity index (χ4v) is 3.67. The van der Waals surface area contributed by atoms with E-state index < -0.39 is 0 Å². The number of ether oxygens (including phenoxy) is 1. The Hall–Kier alpha value is -2.44. The van der Waals surface area contributed by atoms with Gasteiger partial charge in [-0.25, -0.2) is 4.79 Å². The number of nitrogens with zero attached hydrogens (tertiary/aromatic N) is 3. The van der Waals surface area contributed by atoms with Crippen LogP contribution in [0, 0.1) is 11.8 Å². The van der Waals surface area contributed by atoms with Crippen LogP contribution in [0.3, 0.4) is 0 Å². The van der Waals surface area contributed by atoms with Gasteiger partial charge in [0, 0.05) is 25.6 Å². The van der Waals surface area contributed by atoms with Gasteiger partial charge in [-0.1, -0.05) is 5.16 Å². The molecule has 1 heterocycles. The third-order valence-corrected chi connectivity index (χ3v) is 5.17. The number of hydrogen-bond acceptors (Lipinski definition) is 4. The summed E-state index contributed by atoms with van der Waals surface area (Å²) < 4.78 is 8.81. The van der Waals surface area contributed by atoms with E-state index >= 15 is 0 Å². The summed E-state index contributed by atoms with van der Waals surface area (Å²) in [4.78, 5) is 12.6. The lowest BCUT2D eigenvalue weighted by atomic mass is 9.81. The molecule has 0 unspecified atom stereocenters. The summed E-state index contributed by atoms with van der Waals surface area (Å²) in [6.45, 7) is 0.687. The molecular weight excluding hydrogens is 308 g/mol. The van der Waals surface area contributed by atoms with Crippen molar-refractivity contribution in [1.82, 2.24) is 9.13 Å². The smallest absolute Gasteiger partial charge is 0.328 e. The van der Waals surface area contributed by atoms with Crippen molar-refractivity contribution in [3.05, 3.63) is 28.7 Å². The van der Waals surface area contributed by atoms with E-state index in [0.717, 1.165) is 42.5 Å². The molecule has 3 N–H and O–H groups in total. The number of aryl methyl sites for hydroxylation is 1. The maximum Gasteiger partial charge on any atom is 0.328 e. The van der Waals surface area contributed by atoms with Crippen LogP contribution in [-0.4, -0.2) is 27.3 Å². The molecule has 0 atom stereocenters. The number of hydrogen-bond donors (Lipinski definition) is 2. The molecule has 2 aromatic rings. The Balaban J connectivity index is 1.83. The number of nitrogens with two attached hydrogens (primary N) is 1. The third-order valence-electron chi connectivity index (χ3n) is 5.17. The van der Waals surface area contributed by atoms with E-state index in [4.69, 9.17) is 15.7 Å². The molecule has 1 fully saturated rings. The number of amidine groups is 1. The summed E-state index contributed by atoms with van der Waals surface area (Å²) in [6, 6.07) is 5.70. The predicted molar refractivity (Wildman–Crippen MR) is 92.6 cm³/mol. The van der Waals surface area contributed by atoms with Gasteiger partial charge in [0.15, 0.2) is 0 Å². The minimum absolute atomic E-state index is 0.00295. The first-order valence-corrected chi connectivity index (χ1v) is 8.25. The summed E-state index contributed by atoms with van der Waals surface area (Å²) in [5.41, 5.74) is 7.52. The van der Waals surface area contributed by atoms with Gasteiger partial charge in [0.2, 0.25) is 0 Å². The van der Waals surface area contributed by atoms with Crippen LogP contribution in [0.1, 0.15) is 25.7 Å². The first-order valence-electron chi connectivity index (χ1n) is 8.25. The Kier molecular flexibility index (Phi) is 4.51. The quantitative estimate of drug-likeness (QED) is 0.387. The van der Waals surface area contributed by atoms with E-state index in [9.17, 15) is 4.79 Å². The number of oxime groups is 1. The zero-order valence-corrected chi connectivity index (χ0v) is 14.1. The van der Waals surface area contributed by atoms with Crippen LogP contribution in [0.4, 0.5) is 0 Å². The molecule has 1 aromatic carbocycles. The SMILES string of the molecule is COc1ccc2c(c1)n(CC1CCC(/C(N)=N/O)CC1)c(=O)n2C. The molecule has 1 aliphatic carbocycles. The van der Waals surface area contributed by atoms with E-state index in [0.29, 0.717) is 18.3 Å². The molecule has 0 amide bonds. The van der Waals surface area contributed by atoms with Crippen LogP contribution in [0.5, 0.6) is 5.75 Å². The Morgan fingerprint density at radius 2 is 2.04 bits per heavy atom. The monoisotopic (exact) mass is 332 g/mol. The maximum absolute atomic E-state index is 12.6. The average Bonchev–Trinajstić information content (AvgIpc) is 2.86. The first-order chi connectivity index (χ1) is 11.5. The van der Waals surface area contributed by atoms with Crippen LogP contribution in [0.15, 0.2) is 28.1 Å². The van der Waals surface area contributed by atoms with Crippen molar-refractivity contribution in [2.75, 3.05) is 7.11 Å². The van der Waals surface area contributed by atoms with Crippen LogP contribution in [0.25, 0.3) is 11.0 Å². The first kappa shape index (κ1) is 16.4. The fraction of sp³-hybridized carbons (Fsp3) is 0.529. The number of rotatable bonds is 4. The lowest BCUT2D eigenvalue weighted by molar-refractivity contribution is 0.275. The van der Waals surface area contributed by atoms with Gasteiger partial charge in [-0.15, -0.1) is 0 Å². The second-order valence-electron chi connectivity index (χ2n) is 6.55. The second kappa shape index (κ2) is 6.59. The van der Waals surface area contributed by atoms with Crippen molar-refractivity contribution in [3.8, 4) is 5.75 Å². The van der Waals surface area contributed by atoms with Crippen molar-refractivity contribution in [2.45, 2.75) is 32.2 Å². The van der Waals surface area contributed by atoms with Crippen molar-refractivity contribution < 1.29 is 9.94 Å². The summed E-state index contributed by atoms with van der Waals surface area (Å²) in [7, 11) is 3.42. The van der Waals surface area contributed by atoms with E-state index in [-0.39, 0.29) is 11.6 Å². The zero-order chi connectivity index (χ0) is 17.3. The molecule has 0 aliphatic heterocycles. The maximum atomic E-state index is 12.6. The highest BCUT2D eigenvalue weighted by Gasteiger charge is 2.25. The molecule has 7 nitrogen and oxygen atoms in total. The van der Waals surface area contributed by atoms with Gasteiger partial charge in [0.05, 0.1) is 18.1 Å². The highest BCUT2D eigenvalue weighted by Crippen LogP contribution is 2.30. The van der Waals surface area contributed by atoms with E-state index in [2.05, 4.69) is 5.16 Å². The highest BCUT2D eigenvalue weighted by molar-refractivity contribution is 5.82. The lowest BCUT2D eigenvalue weighted by Crippen LogP contribution is -2.31. The molecule has 0 spiro atoms. The Morgan fingerprint density at radius 3 is 2.67 bits per heavy atom. The summed E-state index contributed by atoms with van der Waals surface area (Å²) in [6.07, 6.45) is 3.72. The normalized spacial score (nSPS) is 22.0. The average molecular weight is 332 g/mol. The van der Waals surface area contributed by atoms with Gasteiger partial charge in [0.1, 0.15) is 11.6 Å². The molecule has 3 rings (SSSR count). The van der Waals surface area contributed by atoms with E-state index in [1.807, 2.05) is 22.8 Å². The van der Waals surface area contributed by atoms with Gasteiger partial charge in [-0.05, 0) is 43.7 Å². The number of benzene rings is 1. The molecule has 0 saturated heterocycles. The lowest BCUT2D eigenvalue weighted by Gasteiger charge is -2.27. The minimum Gasteiger partial charge on any atom is -0.497 e. The van der Waals surface area contributed by atoms with Crippen LogP contribution in [0.2, 0.25) is 0 Å². The van der Waals surface area contributed by atoms with Gasteiger partial charge in [-0.3, -0.25) is 9.13 Å². The number of imidazole rings is 1. The van der Waals surface area contributed by atoms with E-state index in [1.54, 1.807) is 18.7 Å². The molecule has 24 heavy (non-hydrogen) atoms. The van der Waals surface area contributed by atoms with Crippen molar-refractivity contribution in [2.24, 2.45) is 29.8 Å². The molecule has 1 aliphatic rings. The summed E-state index contributed by atoms with van der Waals surface area (Å²) >= 11 is 0. The van der Waals surface area contributed by atoms with Gasteiger partial charge < -0.3 is 15.7 Å². The molecular formula is C17H24N4O3. The second-order valence-corrected chi connectivity index (χ2v) is 6.55. The van der Waals surface area contributed by atoms with Crippen molar-refractivity contribution in [3.63, 3.8) is 0 Å². The number of methoxy groups -OCH3 is 1. The molecule has 1 aromatic heterocycles. The topological polar surface area (TPSA) is 94.8 Å². The summed E-state index contributed by atoms with van der Waals surface area (Å²) in [5.74, 6) is 1.64. The van der Waals surface area contributed by atoms with Gasteiger partial charge in [0.25, 0.3) is 0 Å². The predicted octanol–water partition coefficient (Wildman–Crippen LogP) is 1.90. The molecule has 0 radical (unpaired) electrons. The standard InChI is InChI=1S/C17H24N4O3/c1-20-14-8-7-13(24-2)9-15(14)21(17(20)22)10-11-3-5-12(6-4-11)16(18)19-23/h7-9,11-12,23H,3-6,10H2,1-2H3,(H2,18,19). The Bertz CT molecular complexity index is 813. The van der Waals surface area contributed by atoms with Crippen LogP contribution in [-0.2, 0) is 13.6 Å². The van der Waals surface area contributed by atoms with Crippen molar-refractivity contribution in [1.29, 1.82) is 0 Å². The summed E-state index contributed by atoms with van der Waals surface area (Å²) in [5, 5.41) is 11.9. The highest BCUT2D eigenvalue weighted by atomic mass is 16.5.